The van der Waals surface area contributed by atoms with Gasteiger partial charge in [0.15, 0.2) is 0 Å². The van der Waals surface area contributed by atoms with Gasteiger partial charge >= 0.3 is 0 Å². The predicted octanol–water partition coefficient (Wildman–Crippen LogP) is 1.78. The first-order valence-corrected chi connectivity index (χ1v) is 7.74. The highest BCUT2D eigenvalue weighted by Crippen LogP contribution is 2.20. The fourth-order valence-corrected chi connectivity index (χ4v) is 2.96. The number of carbonyl (C=O) groups is 1. The van der Waals surface area contributed by atoms with E-state index in [0.717, 1.165) is 0 Å². The summed E-state index contributed by atoms with van der Waals surface area (Å²) in [7, 11) is -3.64. The zero-order valence-electron chi connectivity index (χ0n) is 11.0. The number of sulfonamides is 1. The van der Waals surface area contributed by atoms with Gasteiger partial charge < -0.3 is 5.32 Å². The molecule has 19 heavy (non-hydrogen) atoms. The SMILES string of the molecule is CCNC(=O)c1cc(S(=O)(=O)NC(C)C)ccc1Cl. The molecule has 0 unspecified atom stereocenters. The van der Waals surface area contributed by atoms with Crippen molar-refractivity contribution in [3.63, 3.8) is 0 Å². The second-order valence-corrected chi connectivity index (χ2v) is 6.40. The Labute approximate surface area is 118 Å². The molecule has 0 spiro atoms. The third kappa shape index (κ3) is 4.19. The van der Waals surface area contributed by atoms with Gasteiger partial charge in [-0.15, -0.1) is 0 Å². The second kappa shape index (κ2) is 6.36. The maximum absolute atomic E-state index is 12.0. The Morgan fingerprint density at radius 3 is 2.53 bits per heavy atom. The highest BCUT2D eigenvalue weighted by molar-refractivity contribution is 7.89. The number of amides is 1. The molecule has 5 nitrogen and oxygen atoms in total. The molecule has 2 N–H and O–H groups in total. The Balaban J connectivity index is 3.19. The summed E-state index contributed by atoms with van der Waals surface area (Å²) in [4.78, 5) is 11.8. The van der Waals surface area contributed by atoms with Gasteiger partial charge in [-0.2, -0.15) is 0 Å². The number of nitrogens with one attached hydrogen (secondary N) is 2. The van der Waals surface area contributed by atoms with Crippen LogP contribution in [0.4, 0.5) is 0 Å². The molecule has 0 saturated heterocycles. The Hall–Kier alpha value is -1.11. The summed E-state index contributed by atoms with van der Waals surface area (Å²) >= 11 is 5.91. The third-order valence-corrected chi connectivity index (χ3v) is 4.21. The Morgan fingerprint density at radius 1 is 1.37 bits per heavy atom. The fourth-order valence-electron chi connectivity index (χ4n) is 1.48. The van der Waals surface area contributed by atoms with Crippen LogP contribution in [-0.2, 0) is 10.0 Å². The topological polar surface area (TPSA) is 75.3 Å². The minimum Gasteiger partial charge on any atom is -0.352 e. The highest BCUT2D eigenvalue weighted by Gasteiger charge is 2.19. The first-order chi connectivity index (χ1) is 8.77. The van der Waals surface area contributed by atoms with Crippen LogP contribution in [0.5, 0.6) is 0 Å². The average Bonchev–Trinajstić information content (AvgIpc) is 2.27. The maximum atomic E-state index is 12.0. The minimum atomic E-state index is -3.64. The van der Waals surface area contributed by atoms with E-state index >= 15 is 0 Å². The van der Waals surface area contributed by atoms with E-state index in [0.29, 0.717) is 6.54 Å². The van der Waals surface area contributed by atoms with Gasteiger partial charge in [-0.3, -0.25) is 4.79 Å². The summed E-state index contributed by atoms with van der Waals surface area (Å²) in [6, 6.07) is 3.82. The van der Waals surface area contributed by atoms with Crippen LogP contribution in [0.2, 0.25) is 5.02 Å². The van der Waals surface area contributed by atoms with Crippen molar-refractivity contribution in [2.45, 2.75) is 31.7 Å². The standard InChI is InChI=1S/C12H17ClN2O3S/c1-4-14-12(16)10-7-9(5-6-11(10)13)19(17,18)15-8(2)3/h5-8,15H,4H2,1-3H3,(H,14,16). The zero-order chi connectivity index (χ0) is 14.6. The molecule has 1 aromatic carbocycles. The number of hydrogen-bond acceptors (Lipinski definition) is 3. The molecule has 1 rings (SSSR count). The number of hydrogen-bond donors (Lipinski definition) is 2. The van der Waals surface area contributed by atoms with Gasteiger partial charge in [0, 0.05) is 12.6 Å². The van der Waals surface area contributed by atoms with E-state index in [4.69, 9.17) is 11.6 Å². The predicted molar refractivity (Wildman–Crippen MR) is 74.9 cm³/mol. The maximum Gasteiger partial charge on any atom is 0.252 e. The molecule has 0 bridgehead atoms. The molecule has 0 atom stereocenters. The summed E-state index contributed by atoms with van der Waals surface area (Å²) in [5.41, 5.74) is 0.148. The van der Waals surface area contributed by atoms with E-state index in [1.54, 1.807) is 20.8 Å². The van der Waals surface area contributed by atoms with Crippen molar-refractivity contribution >= 4 is 27.5 Å². The van der Waals surface area contributed by atoms with Crippen LogP contribution in [0.25, 0.3) is 0 Å². The molecular weight excluding hydrogens is 288 g/mol. The Kier molecular flexibility index (Phi) is 5.34. The van der Waals surface area contributed by atoms with Crippen molar-refractivity contribution in [1.29, 1.82) is 0 Å². The normalized spacial score (nSPS) is 11.6. The van der Waals surface area contributed by atoms with E-state index in [9.17, 15) is 13.2 Å². The van der Waals surface area contributed by atoms with Crippen LogP contribution >= 0.6 is 11.6 Å². The molecule has 0 aliphatic rings. The van der Waals surface area contributed by atoms with E-state index < -0.39 is 15.9 Å². The summed E-state index contributed by atoms with van der Waals surface area (Å²) in [5.74, 6) is -0.394. The number of rotatable bonds is 5. The minimum absolute atomic E-state index is 0.0202. The fraction of sp³-hybridized carbons (Fsp3) is 0.417. The number of benzene rings is 1. The molecule has 0 aliphatic carbocycles. The average molecular weight is 305 g/mol. The highest BCUT2D eigenvalue weighted by atomic mass is 35.5. The van der Waals surface area contributed by atoms with Crippen molar-refractivity contribution in [1.82, 2.24) is 10.0 Å². The van der Waals surface area contributed by atoms with Crippen LogP contribution in [0, 0.1) is 0 Å². The van der Waals surface area contributed by atoms with Crippen LogP contribution < -0.4 is 10.0 Å². The molecular formula is C12H17ClN2O3S. The second-order valence-electron chi connectivity index (χ2n) is 4.28. The first kappa shape index (κ1) is 15.9. The Bertz CT molecular complexity index is 570. The first-order valence-electron chi connectivity index (χ1n) is 5.88. The lowest BCUT2D eigenvalue weighted by atomic mass is 10.2. The van der Waals surface area contributed by atoms with Crippen LogP contribution in [0.15, 0.2) is 23.1 Å². The molecule has 0 radical (unpaired) electrons. The summed E-state index contributed by atoms with van der Waals surface area (Å²) in [6.45, 7) is 5.65. The van der Waals surface area contributed by atoms with Crippen molar-refractivity contribution in [2.75, 3.05) is 6.54 Å². The van der Waals surface area contributed by atoms with Gasteiger partial charge in [-0.05, 0) is 39.0 Å². The largest absolute Gasteiger partial charge is 0.352 e. The van der Waals surface area contributed by atoms with E-state index in [2.05, 4.69) is 10.0 Å². The van der Waals surface area contributed by atoms with Gasteiger partial charge in [0.25, 0.3) is 5.91 Å². The van der Waals surface area contributed by atoms with Crippen molar-refractivity contribution in [3.8, 4) is 0 Å². The van der Waals surface area contributed by atoms with Crippen LogP contribution in [0.1, 0.15) is 31.1 Å². The molecule has 1 amide bonds. The molecule has 0 fully saturated rings. The Morgan fingerprint density at radius 2 is 2.00 bits per heavy atom. The molecule has 0 aliphatic heterocycles. The lowest BCUT2D eigenvalue weighted by molar-refractivity contribution is 0.0956. The molecule has 7 heteroatoms. The van der Waals surface area contributed by atoms with Gasteiger partial charge in [-0.25, -0.2) is 13.1 Å². The van der Waals surface area contributed by atoms with Gasteiger partial charge in [-0.1, -0.05) is 11.6 Å². The quantitative estimate of drug-likeness (QED) is 0.870. The van der Waals surface area contributed by atoms with Gasteiger partial charge in [0.1, 0.15) is 0 Å². The summed E-state index contributed by atoms with van der Waals surface area (Å²) in [6.07, 6.45) is 0. The molecule has 0 saturated carbocycles. The van der Waals surface area contributed by atoms with Crippen LogP contribution in [-0.4, -0.2) is 26.9 Å². The van der Waals surface area contributed by atoms with E-state index in [1.165, 1.54) is 18.2 Å². The van der Waals surface area contributed by atoms with Crippen LogP contribution in [0.3, 0.4) is 0 Å². The molecule has 0 heterocycles. The summed E-state index contributed by atoms with van der Waals surface area (Å²) in [5, 5.41) is 2.80. The smallest absolute Gasteiger partial charge is 0.252 e. The lowest BCUT2D eigenvalue weighted by Crippen LogP contribution is -2.30. The van der Waals surface area contributed by atoms with Gasteiger partial charge in [0.05, 0.1) is 15.5 Å². The number of carbonyl (C=O) groups excluding carboxylic acids is 1. The molecule has 0 aromatic heterocycles. The molecule has 106 valence electrons. The van der Waals surface area contributed by atoms with Crippen molar-refractivity contribution < 1.29 is 13.2 Å². The lowest BCUT2D eigenvalue weighted by Gasteiger charge is -2.11. The molecule has 1 aromatic rings. The van der Waals surface area contributed by atoms with Crippen molar-refractivity contribution in [3.05, 3.63) is 28.8 Å². The van der Waals surface area contributed by atoms with Gasteiger partial charge in [0.2, 0.25) is 10.0 Å². The monoisotopic (exact) mass is 304 g/mol. The number of halogens is 1. The van der Waals surface area contributed by atoms with E-state index in [-0.39, 0.29) is 21.5 Å². The summed E-state index contributed by atoms with van der Waals surface area (Å²) < 4.78 is 26.5. The zero-order valence-corrected chi connectivity index (χ0v) is 12.6. The van der Waals surface area contributed by atoms with Crippen molar-refractivity contribution in [2.24, 2.45) is 0 Å². The third-order valence-electron chi connectivity index (χ3n) is 2.22. The van der Waals surface area contributed by atoms with E-state index in [1.807, 2.05) is 0 Å².